The zero-order chi connectivity index (χ0) is 20.4. The molecule has 4 nitrogen and oxygen atoms in total. The number of furan rings is 1. The SMILES string of the molecule is COc1ccc(-c2ccc(Cc3c(-c4ccccc4F)coc3C(N)=O)s2)cc1. The number of methoxy groups -OCH3 is 1. The molecule has 0 aliphatic carbocycles. The number of benzene rings is 2. The summed E-state index contributed by atoms with van der Waals surface area (Å²) in [6, 6.07) is 18.2. The van der Waals surface area contributed by atoms with Crippen molar-refractivity contribution in [2.24, 2.45) is 5.73 Å². The summed E-state index contributed by atoms with van der Waals surface area (Å²) >= 11 is 1.60. The first-order valence-electron chi connectivity index (χ1n) is 8.95. The first-order valence-corrected chi connectivity index (χ1v) is 9.76. The number of hydrogen-bond acceptors (Lipinski definition) is 4. The Bertz CT molecular complexity index is 1160. The Balaban J connectivity index is 1.69. The zero-order valence-corrected chi connectivity index (χ0v) is 16.5. The quantitative estimate of drug-likeness (QED) is 0.458. The molecule has 29 heavy (non-hydrogen) atoms. The van der Waals surface area contributed by atoms with Crippen LogP contribution in [0.25, 0.3) is 21.6 Å². The molecule has 1 amide bonds. The molecule has 0 spiro atoms. The van der Waals surface area contributed by atoms with E-state index in [9.17, 15) is 9.18 Å². The second-order valence-electron chi connectivity index (χ2n) is 6.47. The highest BCUT2D eigenvalue weighted by molar-refractivity contribution is 7.15. The molecule has 6 heteroatoms. The van der Waals surface area contributed by atoms with Crippen LogP contribution >= 0.6 is 11.3 Å². The molecule has 2 heterocycles. The van der Waals surface area contributed by atoms with Gasteiger partial charge >= 0.3 is 0 Å². The Kier molecular flexibility index (Phi) is 5.18. The van der Waals surface area contributed by atoms with Crippen LogP contribution in [0.2, 0.25) is 0 Å². The van der Waals surface area contributed by atoms with Gasteiger partial charge in [0.15, 0.2) is 5.76 Å². The third kappa shape index (κ3) is 3.79. The Labute approximate surface area is 171 Å². The van der Waals surface area contributed by atoms with Crippen molar-refractivity contribution in [2.45, 2.75) is 6.42 Å². The van der Waals surface area contributed by atoms with E-state index >= 15 is 0 Å². The van der Waals surface area contributed by atoms with Crippen LogP contribution < -0.4 is 10.5 Å². The molecule has 0 bridgehead atoms. The lowest BCUT2D eigenvalue weighted by atomic mass is 9.99. The number of carbonyl (C=O) groups is 1. The van der Waals surface area contributed by atoms with E-state index in [0.29, 0.717) is 23.1 Å². The van der Waals surface area contributed by atoms with Crippen LogP contribution in [-0.2, 0) is 6.42 Å². The van der Waals surface area contributed by atoms with Gasteiger partial charge in [-0.05, 0) is 48.0 Å². The smallest absolute Gasteiger partial charge is 0.284 e. The second-order valence-corrected chi connectivity index (χ2v) is 7.64. The third-order valence-corrected chi connectivity index (χ3v) is 5.80. The number of hydrogen-bond donors (Lipinski definition) is 1. The highest BCUT2D eigenvalue weighted by atomic mass is 32.1. The molecule has 2 N–H and O–H groups in total. The Morgan fingerprint density at radius 3 is 2.52 bits per heavy atom. The molecule has 2 aromatic heterocycles. The number of primary amides is 1. The highest BCUT2D eigenvalue weighted by Crippen LogP contribution is 2.35. The summed E-state index contributed by atoms with van der Waals surface area (Å²) in [5, 5.41) is 0. The van der Waals surface area contributed by atoms with E-state index in [0.717, 1.165) is 21.1 Å². The minimum Gasteiger partial charge on any atom is -0.497 e. The molecule has 0 aliphatic rings. The second kappa shape index (κ2) is 7.93. The fraction of sp³-hybridized carbons (Fsp3) is 0.0870. The van der Waals surface area contributed by atoms with E-state index in [2.05, 4.69) is 0 Å². The van der Waals surface area contributed by atoms with Crippen LogP contribution in [0.4, 0.5) is 4.39 Å². The summed E-state index contributed by atoms with van der Waals surface area (Å²) in [5.74, 6) is -0.197. The Hall–Kier alpha value is -3.38. The topological polar surface area (TPSA) is 65.5 Å². The number of nitrogens with two attached hydrogens (primary N) is 1. The number of thiophene rings is 1. The van der Waals surface area contributed by atoms with Gasteiger partial charge in [0.05, 0.1) is 13.4 Å². The van der Waals surface area contributed by atoms with Gasteiger partial charge < -0.3 is 14.9 Å². The summed E-state index contributed by atoms with van der Waals surface area (Å²) in [6.07, 6.45) is 1.81. The molecule has 0 saturated heterocycles. The molecular weight excluding hydrogens is 389 g/mol. The molecule has 0 atom stereocenters. The first kappa shape index (κ1) is 19.0. The van der Waals surface area contributed by atoms with Gasteiger partial charge in [-0.1, -0.05) is 18.2 Å². The van der Waals surface area contributed by atoms with Crippen molar-refractivity contribution >= 4 is 17.2 Å². The largest absolute Gasteiger partial charge is 0.497 e. The van der Waals surface area contributed by atoms with Crippen molar-refractivity contribution in [3.05, 3.63) is 88.9 Å². The number of carbonyl (C=O) groups excluding carboxylic acids is 1. The molecule has 0 fully saturated rings. The number of ether oxygens (including phenoxy) is 1. The molecule has 0 radical (unpaired) electrons. The predicted octanol–water partition coefficient (Wildman–Crippen LogP) is 5.51. The van der Waals surface area contributed by atoms with Crippen LogP contribution in [0.3, 0.4) is 0 Å². The van der Waals surface area contributed by atoms with Crippen molar-refractivity contribution in [1.82, 2.24) is 0 Å². The first-order chi connectivity index (χ1) is 14.1. The molecule has 0 unspecified atom stereocenters. The number of amides is 1. The van der Waals surface area contributed by atoms with E-state index in [1.807, 2.05) is 36.4 Å². The summed E-state index contributed by atoms with van der Waals surface area (Å²) in [6.45, 7) is 0. The summed E-state index contributed by atoms with van der Waals surface area (Å²) in [5.41, 5.74) is 8.06. The van der Waals surface area contributed by atoms with Crippen molar-refractivity contribution in [2.75, 3.05) is 7.11 Å². The fourth-order valence-electron chi connectivity index (χ4n) is 3.23. The van der Waals surface area contributed by atoms with Gasteiger partial charge in [-0.3, -0.25) is 4.79 Å². The van der Waals surface area contributed by atoms with Crippen molar-refractivity contribution in [3.63, 3.8) is 0 Å². The normalized spacial score (nSPS) is 10.8. The van der Waals surface area contributed by atoms with Gasteiger partial charge in [-0.25, -0.2) is 4.39 Å². The molecule has 4 rings (SSSR count). The number of halogens is 1. The summed E-state index contributed by atoms with van der Waals surface area (Å²) in [4.78, 5) is 13.9. The minimum absolute atomic E-state index is 0.0580. The van der Waals surface area contributed by atoms with E-state index in [1.165, 1.54) is 12.3 Å². The lowest BCUT2D eigenvalue weighted by Crippen LogP contribution is -2.12. The molecule has 0 aliphatic heterocycles. The van der Waals surface area contributed by atoms with E-state index in [1.54, 1.807) is 36.6 Å². The lowest BCUT2D eigenvalue weighted by Gasteiger charge is -2.05. The maximum atomic E-state index is 14.3. The fourth-order valence-corrected chi connectivity index (χ4v) is 4.25. The molecule has 4 aromatic rings. The van der Waals surface area contributed by atoms with Gasteiger partial charge in [0, 0.05) is 32.9 Å². The highest BCUT2D eigenvalue weighted by Gasteiger charge is 2.21. The van der Waals surface area contributed by atoms with Crippen molar-refractivity contribution in [1.29, 1.82) is 0 Å². The summed E-state index contributed by atoms with van der Waals surface area (Å²) in [7, 11) is 1.63. The van der Waals surface area contributed by atoms with E-state index < -0.39 is 5.91 Å². The maximum absolute atomic E-state index is 14.3. The van der Waals surface area contributed by atoms with Crippen LogP contribution in [0.5, 0.6) is 5.75 Å². The van der Waals surface area contributed by atoms with E-state index in [4.69, 9.17) is 14.9 Å². The monoisotopic (exact) mass is 407 g/mol. The molecule has 2 aromatic carbocycles. The zero-order valence-electron chi connectivity index (χ0n) is 15.6. The van der Waals surface area contributed by atoms with Crippen molar-refractivity contribution < 1.29 is 18.3 Å². The van der Waals surface area contributed by atoms with E-state index in [-0.39, 0.29) is 11.6 Å². The maximum Gasteiger partial charge on any atom is 0.284 e. The predicted molar refractivity (Wildman–Crippen MR) is 112 cm³/mol. The average Bonchev–Trinajstić information content (AvgIpc) is 3.36. The van der Waals surface area contributed by atoms with Gasteiger partial charge in [0.1, 0.15) is 11.6 Å². The molecule has 0 saturated carbocycles. The standard InChI is InChI=1S/C23H18FNO3S/c1-27-15-8-6-14(7-9-15)21-11-10-16(29-21)12-18-19(13-28-22(18)23(25)26)17-4-2-3-5-20(17)24/h2-11,13H,12H2,1H3,(H2,25,26). The summed E-state index contributed by atoms with van der Waals surface area (Å²) < 4.78 is 24.9. The van der Waals surface area contributed by atoms with Crippen LogP contribution in [0, 0.1) is 5.82 Å². The lowest BCUT2D eigenvalue weighted by molar-refractivity contribution is 0.0973. The number of rotatable bonds is 6. The van der Waals surface area contributed by atoms with Crippen LogP contribution in [0.1, 0.15) is 21.0 Å². The third-order valence-electron chi connectivity index (χ3n) is 4.67. The molecule has 146 valence electrons. The van der Waals surface area contributed by atoms with Crippen molar-refractivity contribution in [3.8, 4) is 27.3 Å². The van der Waals surface area contributed by atoms with Crippen LogP contribution in [-0.4, -0.2) is 13.0 Å². The van der Waals surface area contributed by atoms with Gasteiger partial charge in [0.2, 0.25) is 0 Å². The molecular formula is C23H18FNO3S. The Morgan fingerprint density at radius 2 is 1.83 bits per heavy atom. The van der Waals surface area contributed by atoms with Gasteiger partial charge in [-0.15, -0.1) is 11.3 Å². The minimum atomic E-state index is -0.672. The van der Waals surface area contributed by atoms with Gasteiger partial charge in [-0.2, -0.15) is 0 Å². The average molecular weight is 407 g/mol. The Morgan fingerprint density at radius 1 is 1.07 bits per heavy atom. The van der Waals surface area contributed by atoms with Crippen LogP contribution in [0.15, 0.2) is 71.3 Å². The van der Waals surface area contributed by atoms with Gasteiger partial charge in [0.25, 0.3) is 5.91 Å².